The van der Waals surface area contributed by atoms with E-state index >= 15 is 0 Å². The third kappa shape index (κ3) is 4.65. The Hall–Kier alpha value is -3.26. The molecule has 0 N–H and O–H groups in total. The molecule has 0 aliphatic rings. The minimum absolute atomic E-state index is 0.0221. The summed E-state index contributed by atoms with van der Waals surface area (Å²) in [6.07, 6.45) is -7.19. The topological polar surface area (TPSA) is 102 Å². The number of methoxy groups -OCH3 is 2. The number of nitro benzene ring substituents is 1. The number of nitrogens with zero attached hydrogens (tertiary/aromatic N) is 2. The Morgan fingerprint density at radius 1 is 1.23 bits per heavy atom. The van der Waals surface area contributed by atoms with Crippen molar-refractivity contribution < 1.29 is 36.8 Å². The van der Waals surface area contributed by atoms with Crippen molar-refractivity contribution in [3.05, 3.63) is 45.5 Å². The van der Waals surface area contributed by atoms with Gasteiger partial charge >= 0.3 is 6.18 Å². The van der Waals surface area contributed by atoms with Gasteiger partial charge in [0.05, 0.1) is 23.5 Å². The maximum atomic E-state index is 13.2. The second kappa shape index (κ2) is 9.04. The maximum Gasteiger partial charge on any atom is 0.411 e. The average molecular weight is 428 g/mol. The molecule has 2 rings (SSSR count). The van der Waals surface area contributed by atoms with E-state index in [1.165, 1.54) is 25.3 Å². The minimum Gasteiger partial charge on any atom is -0.497 e. The molecule has 0 saturated carbocycles. The van der Waals surface area contributed by atoms with E-state index in [2.05, 4.69) is 0 Å². The van der Waals surface area contributed by atoms with Crippen LogP contribution in [0.3, 0.4) is 0 Å². The summed E-state index contributed by atoms with van der Waals surface area (Å²) >= 11 is 0. The standard InChI is InChI=1S/C19H16F4N2O5/c1-29-12-5-11(6-17(30-2)18(26)15(9-24)19(21,22)23)13-3-10(8-20)4-16(25(27)28)14(13)7-12/h3-5,7,15,17H,6,8H2,1-2H3. The summed E-state index contributed by atoms with van der Waals surface area (Å²) in [7, 11) is 2.28. The van der Waals surface area contributed by atoms with Crippen molar-refractivity contribution in [1.82, 2.24) is 0 Å². The molecule has 0 amide bonds. The van der Waals surface area contributed by atoms with Crippen molar-refractivity contribution in [2.24, 2.45) is 5.92 Å². The van der Waals surface area contributed by atoms with Crippen LogP contribution in [0.4, 0.5) is 23.2 Å². The van der Waals surface area contributed by atoms with E-state index in [1.807, 2.05) is 0 Å². The molecule has 0 aromatic heterocycles. The van der Waals surface area contributed by atoms with Gasteiger partial charge < -0.3 is 9.47 Å². The molecule has 0 radical (unpaired) electrons. The van der Waals surface area contributed by atoms with Crippen molar-refractivity contribution in [3.63, 3.8) is 0 Å². The van der Waals surface area contributed by atoms with Crippen LogP contribution in [-0.4, -0.2) is 37.2 Å². The van der Waals surface area contributed by atoms with Gasteiger partial charge in [0.25, 0.3) is 5.69 Å². The molecular weight excluding hydrogens is 412 g/mol. The third-order valence-corrected chi connectivity index (χ3v) is 4.50. The Labute approximate surface area is 167 Å². The predicted octanol–water partition coefficient (Wildman–Crippen LogP) is 4.05. The molecule has 0 aliphatic heterocycles. The van der Waals surface area contributed by atoms with E-state index in [0.717, 1.165) is 19.2 Å². The molecule has 2 atom stereocenters. The molecule has 0 aliphatic carbocycles. The number of alkyl halides is 4. The van der Waals surface area contributed by atoms with Crippen LogP contribution >= 0.6 is 0 Å². The number of rotatable bonds is 8. The molecule has 2 aromatic carbocycles. The number of hydrogen-bond acceptors (Lipinski definition) is 6. The monoisotopic (exact) mass is 428 g/mol. The Morgan fingerprint density at radius 2 is 1.90 bits per heavy atom. The molecule has 0 saturated heterocycles. The Morgan fingerprint density at radius 3 is 2.37 bits per heavy atom. The molecule has 0 spiro atoms. The Bertz CT molecular complexity index is 1020. The van der Waals surface area contributed by atoms with Gasteiger partial charge in [-0.1, -0.05) is 0 Å². The van der Waals surface area contributed by atoms with Gasteiger partial charge in [-0.15, -0.1) is 0 Å². The summed E-state index contributed by atoms with van der Waals surface area (Å²) in [5.41, 5.74) is -0.279. The SMILES string of the molecule is COc1cc(CC(OC)C(=O)C(C#N)C(F)(F)F)c2cc(CF)cc([N+](=O)[O-])c2c1. The lowest BCUT2D eigenvalue weighted by atomic mass is 9.92. The van der Waals surface area contributed by atoms with Gasteiger partial charge in [0.1, 0.15) is 18.5 Å². The number of ether oxygens (including phenoxy) is 2. The third-order valence-electron chi connectivity index (χ3n) is 4.50. The van der Waals surface area contributed by atoms with E-state index in [4.69, 9.17) is 14.7 Å². The number of Topliss-reactive ketones (excluding diaryl/α,β-unsaturated/α-hetero) is 1. The van der Waals surface area contributed by atoms with Crippen LogP contribution in [-0.2, 0) is 22.6 Å². The van der Waals surface area contributed by atoms with Gasteiger partial charge in [0, 0.05) is 19.6 Å². The first-order valence-corrected chi connectivity index (χ1v) is 8.44. The molecule has 30 heavy (non-hydrogen) atoms. The number of carbonyl (C=O) groups is 1. The van der Waals surface area contributed by atoms with Crippen LogP contribution in [0.15, 0.2) is 24.3 Å². The summed E-state index contributed by atoms with van der Waals surface area (Å²) in [5.74, 6) is -4.25. The quantitative estimate of drug-likeness (QED) is 0.357. The summed E-state index contributed by atoms with van der Waals surface area (Å²) < 4.78 is 62.2. The smallest absolute Gasteiger partial charge is 0.411 e. The zero-order valence-electron chi connectivity index (χ0n) is 15.8. The lowest BCUT2D eigenvalue weighted by Crippen LogP contribution is -2.38. The van der Waals surface area contributed by atoms with Crippen LogP contribution in [0.2, 0.25) is 0 Å². The zero-order valence-corrected chi connectivity index (χ0v) is 15.8. The molecule has 0 heterocycles. The number of carbonyl (C=O) groups excluding carboxylic acids is 1. The average Bonchev–Trinajstić information content (AvgIpc) is 2.69. The molecule has 0 bridgehead atoms. The van der Waals surface area contributed by atoms with Crippen LogP contribution in [0, 0.1) is 27.4 Å². The molecule has 2 aromatic rings. The molecule has 160 valence electrons. The van der Waals surface area contributed by atoms with Crippen molar-refractivity contribution in [2.75, 3.05) is 14.2 Å². The predicted molar refractivity (Wildman–Crippen MR) is 96.6 cm³/mol. The highest BCUT2D eigenvalue weighted by Gasteiger charge is 2.47. The molecule has 2 unspecified atom stereocenters. The van der Waals surface area contributed by atoms with Crippen molar-refractivity contribution in [3.8, 4) is 11.8 Å². The Balaban J connectivity index is 2.64. The van der Waals surface area contributed by atoms with E-state index in [0.29, 0.717) is 0 Å². The largest absolute Gasteiger partial charge is 0.497 e. The van der Waals surface area contributed by atoms with Crippen LogP contribution in [0.25, 0.3) is 10.8 Å². The van der Waals surface area contributed by atoms with Gasteiger partial charge in [0.15, 0.2) is 5.78 Å². The highest BCUT2D eigenvalue weighted by Crippen LogP contribution is 2.35. The van der Waals surface area contributed by atoms with E-state index < -0.39 is 47.7 Å². The van der Waals surface area contributed by atoms with Crippen LogP contribution < -0.4 is 4.74 Å². The Kier molecular flexibility index (Phi) is 6.94. The number of fused-ring (bicyclic) bond motifs is 1. The van der Waals surface area contributed by atoms with Crippen LogP contribution in [0.5, 0.6) is 5.75 Å². The summed E-state index contributed by atoms with van der Waals surface area (Å²) in [5, 5.41) is 20.4. The fourth-order valence-corrected chi connectivity index (χ4v) is 3.05. The first-order chi connectivity index (χ1) is 14.1. The minimum atomic E-state index is -5.08. The second-order valence-electron chi connectivity index (χ2n) is 6.32. The molecule has 11 heteroatoms. The number of halogens is 4. The first kappa shape index (κ1) is 23.0. The number of ketones is 1. The number of non-ortho nitro benzene ring substituents is 1. The van der Waals surface area contributed by atoms with Crippen molar-refractivity contribution in [1.29, 1.82) is 5.26 Å². The lowest BCUT2D eigenvalue weighted by molar-refractivity contribution is -0.383. The maximum absolute atomic E-state index is 13.2. The van der Waals surface area contributed by atoms with E-state index in [-0.39, 0.29) is 27.6 Å². The summed E-state index contributed by atoms with van der Waals surface area (Å²) in [6, 6.07) is 5.97. The van der Waals surface area contributed by atoms with E-state index in [9.17, 15) is 32.5 Å². The van der Waals surface area contributed by atoms with Crippen molar-refractivity contribution in [2.45, 2.75) is 25.4 Å². The van der Waals surface area contributed by atoms with E-state index in [1.54, 1.807) is 0 Å². The molecular formula is C19H16F4N2O5. The van der Waals surface area contributed by atoms with Gasteiger partial charge in [-0.2, -0.15) is 18.4 Å². The second-order valence-corrected chi connectivity index (χ2v) is 6.32. The number of benzene rings is 2. The van der Waals surface area contributed by atoms with Crippen LogP contribution in [0.1, 0.15) is 11.1 Å². The molecule has 0 fully saturated rings. The highest BCUT2D eigenvalue weighted by atomic mass is 19.4. The summed E-state index contributed by atoms with van der Waals surface area (Å²) in [4.78, 5) is 23.0. The highest BCUT2D eigenvalue weighted by molar-refractivity contribution is 5.96. The number of hydrogen-bond donors (Lipinski definition) is 0. The van der Waals surface area contributed by atoms with Gasteiger partial charge in [-0.3, -0.25) is 14.9 Å². The van der Waals surface area contributed by atoms with Gasteiger partial charge in [-0.25, -0.2) is 4.39 Å². The number of nitriles is 1. The normalized spacial score (nSPS) is 13.5. The molecule has 7 nitrogen and oxygen atoms in total. The van der Waals surface area contributed by atoms with Crippen molar-refractivity contribution >= 4 is 22.2 Å². The summed E-state index contributed by atoms with van der Waals surface area (Å²) in [6.45, 7) is -1.01. The first-order valence-electron chi connectivity index (χ1n) is 8.44. The fourth-order valence-electron chi connectivity index (χ4n) is 3.05. The zero-order chi connectivity index (χ0) is 22.6. The van der Waals surface area contributed by atoms with Gasteiger partial charge in [-0.05, 0) is 34.7 Å². The fraction of sp³-hybridized carbons (Fsp3) is 0.368. The lowest BCUT2D eigenvalue weighted by Gasteiger charge is -2.20. The number of nitro groups is 1. The van der Waals surface area contributed by atoms with Gasteiger partial charge in [0.2, 0.25) is 5.92 Å².